The lowest BCUT2D eigenvalue weighted by Gasteiger charge is -2.34. The van der Waals surface area contributed by atoms with E-state index in [4.69, 9.17) is 9.47 Å². The Bertz CT molecular complexity index is 2010. The molecule has 2 aromatic heterocycles. The highest BCUT2D eigenvalue weighted by molar-refractivity contribution is 7.90. The Balaban J connectivity index is 1.46. The van der Waals surface area contributed by atoms with E-state index in [1.54, 1.807) is 86.0 Å². The van der Waals surface area contributed by atoms with Gasteiger partial charge in [0.15, 0.2) is 10.8 Å². The molecule has 0 saturated heterocycles. The van der Waals surface area contributed by atoms with Crippen molar-refractivity contribution in [2.45, 2.75) is 95.5 Å². The first-order valence-corrected chi connectivity index (χ1v) is 19.1. The van der Waals surface area contributed by atoms with E-state index in [2.05, 4.69) is 42.3 Å². The molecule has 0 bridgehead atoms. The number of benzene rings is 1. The lowest BCUT2D eigenvalue weighted by atomic mass is 9.77. The molecule has 0 radical (unpaired) electrons. The SMILES string of the molecule is C=CC[C@@H]1C[C@@]1(NC(=O)[C@@H]1C[C@@H](n2nnc(-c3ccc(OC)cc3)n2)CC1C(=O)C(NC(=O)OC(C)(C)C)C(C)(C)C)C(=O)NS(=O)(=O)c1cn(C)cn1. The van der Waals surface area contributed by atoms with Gasteiger partial charge in [-0.3, -0.25) is 14.4 Å². The summed E-state index contributed by atoms with van der Waals surface area (Å²) in [5, 5.41) is 18.3. The number of aryl methyl sites for hydroxylation is 1. The molecule has 2 aliphatic rings. The molecule has 3 aromatic rings. The number of carbonyl (C=O) groups excluding carboxylic acids is 4. The molecule has 3 N–H and O–H groups in total. The highest BCUT2D eigenvalue weighted by atomic mass is 32.2. The van der Waals surface area contributed by atoms with Crippen LogP contribution in [0.4, 0.5) is 4.79 Å². The molecule has 54 heavy (non-hydrogen) atoms. The summed E-state index contributed by atoms with van der Waals surface area (Å²) >= 11 is 0. The Labute approximate surface area is 314 Å². The predicted octanol–water partition coefficient (Wildman–Crippen LogP) is 3.11. The van der Waals surface area contributed by atoms with Gasteiger partial charge in [0.2, 0.25) is 11.7 Å². The van der Waals surface area contributed by atoms with Gasteiger partial charge in [-0.05, 0) is 87.3 Å². The minimum atomic E-state index is -4.37. The molecule has 0 spiro atoms. The van der Waals surface area contributed by atoms with Gasteiger partial charge in [0.25, 0.3) is 15.9 Å². The Morgan fingerprint density at radius 1 is 1.07 bits per heavy atom. The number of allylic oxidation sites excluding steroid dienone is 1. The van der Waals surface area contributed by atoms with Crippen molar-refractivity contribution in [2.75, 3.05) is 7.11 Å². The van der Waals surface area contributed by atoms with Crippen LogP contribution < -0.4 is 20.1 Å². The fraction of sp³-hybridized carbons (Fsp3) is 0.556. The number of alkyl carbamates (subject to hydrolysis) is 1. The first-order chi connectivity index (χ1) is 25.2. The summed E-state index contributed by atoms with van der Waals surface area (Å²) in [5.41, 5.74) is -2.55. The van der Waals surface area contributed by atoms with E-state index in [1.807, 2.05) is 0 Å². The molecule has 5 rings (SSSR count). The minimum absolute atomic E-state index is 0.0833. The van der Waals surface area contributed by atoms with Crippen molar-refractivity contribution < 1.29 is 37.1 Å². The van der Waals surface area contributed by atoms with Gasteiger partial charge in [-0.2, -0.15) is 13.2 Å². The zero-order valence-corrected chi connectivity index (χ0v) is 32.6. The average molecular weight is 768 g/mol. The molecular weight excluding hydrogens is 719 g/mol. The molecule has 3 amide bonds. The van der Waals surface area contributed by atoms with Crippen LogP contribution in [0, 0.1) is 23.2 Å². The highest BCUT2D eigenvalue weighted by Gasteiger charge is 2.62. The second-order valence-corrected chi connectivity index (χ2v) is 17.7. The summed E-state index contributed by atoms with van der Waals surface area (Å²) in [6.07, 6.45) is 3.99. The summed E-state index contributed by atoms with van der Waals surface area (Å²) in [7, 11) is -1.22. The summed E-state index contributed by atoms with van der Waals surface area (Å²) < 4.78 is 40.4. The molecule has 17 nitrogen and oxygen atoms in total. The summed E-state index contributed by atoms with van der Waals surface area (Å²) in [5.74, 6) is -3.45. The van der Waals surface area contributed by atoms with Gasteiger partial charge in [0.1, 0.15) is 16.9 Å². The Morgan fingerprint density at radius 2 is 1.74 bits per heavy atom. The molecule has 2 fully saturated rings. The number of hydrogen-bond donors (Lipinski definition) is 3. The highest BCUT2D eigenvalue weighted by Crippen LogP contribution is 2.48. The number of carbonyl (C=O) groups is 4. The number of tetrazole rings is 1. The quantitative estimate of drug-likeness (QED) is 0.214. The van der Waals surface area contributed by atoms with Crippen molar-refractivity contribution in [1.82, 2.24) is 45.1 Å². The Hall–Kier alpha value is -5.13. The smallest absolute Gasteiger partial charge is 0.408 e. The van der Waals surface area contributed by atoms with Crippen LogP contribution in [0.1, 0.15) is 73.3 Å². The van der Waals surface area contributed by atoms with E-state index >= 15 is 0 Å². The topological polar surface area (TPSA) is 218 Å². The van der Waals surface area contributed by atoms with E-state index < -0.39 is 80.1 Å². The van der Waals surface area contributed by atoms with Crippen LogP contribution in [-0.2, 0) is 36.2 Å². The van der Waals surface area contributed by atoms with Crippen LogP contribution in [0.3, 0.4) is 0 Å². The number of nitrogens with one attached hydrogen (secondary N) is 3. The molecule has 0 aliphatic heterocycles. The van der Waals surface area contributed by atoms with Crippen LogP contribution in [0.15, 0.2) is 54.5 Å². The normalized spacial score (nSPS) is 23.2. The van der Waals surface area contributed by atoms with Crippen molar-refractivity contribution >= 4 is 33.7 Å². The number of amides is 3. The van der Waals surface area contributed by atoms with Crippen molar-refractivity contribution in [3.05, 3.63) is 49.4 Å². The van der Waals surface area contributed by atoms with E-state index in [0.717, 1.165) is 0 Å². The van der Waals surface area contributed by atoms with Gasteiger partial charge < -0.3 is 24.7 Å². The third kappa shape index (κ3) is 8.80. The van der Waals surface area contributed by atoms with Gasteiger partial charge in [0.05, 0.1) is 25.5 Å². The number of sulfonamides is 1. The maximum atomic E-state index is 14.6. The molecule has 1 aromatic carbocycles. The Kier molecular flexibility index (Phi) is 11.1. The third-order valence-electron chi connectivity index (χ3n) is 9.65. The predicted molar refractivity (Wildman–Crippen MR) is 195 cm³/mol. The van der Waals surface area contributed by atoms with Crippen molar-refractivity contribution in [3.63, 3.8) is 0 Å². The fourth-order valence-electron chi connectivity index (χ4n) is 6.80. The number of aromatic nitrogens is 6. The molecular formula is C36H49N9O8S. The Morgan fingerprint density at radius 3 is 2.31 bits per heavy atom. The van der Waals surface area contributed by atoms with Gasteiger partial charge >= 0.3 is 6.09 Å². The number of ether oxygens (including phenoxy) is 2. The zero-order chi connectivity index (χ0) is 39.8. The summed E-state index contributed by atoms with van der Waals surface area (Å²) in [6.45, 7) is 14.2. The molecule has 2 heterocycles. The van der Waals surface area contributed by atoms with E-state index in [1.165, 1.54) is 21.9 Å². The largest absolute Gasteiger partial charge is 0.497 e. The summed E-state index contributed by atoms with van der Waals surface area (Å²) in [4.78, 5) is 61.0. The van der Waals surface area contributed by atoms with Gasteiger partial charge in [-0.15, -0.1) is 16.8 Å². The van der Waals surface area contributed by atoms with Crippen LogP contribution >= 0.6 is 0 Å². The van der Waals surface area contributed by atoms with E-state index in [0.29, 0.717) is 23.6 Å². The lowest BCUT2D eigenvalue weighted by molar-refractivity contribution is -0.137. The van der Waals surface area contributed by atoms with Gasteiger partial charge in [-0.1, -0.05) is 26.8 Å². The maximum Gasteiger partial charge on any atom is 0.408 e. The fourth-order valence-corrected chi connectivity index (χ4v) is 7.82. The molecule has 2 saturated carbocycles. The standard InChI is InChI=1S/C36H49N9O8S/c1-10-11-22-18-36(22,32(48)42-54(50,51)27-19-44(8)20-37-27)39-31(47)26-17-23(45-41-30(40-43-45)21-12-14-24(52-9)15-13-21)16-25(26)28(46)29(34(2,3)4)38-33(49)53-35(5,6)7/h10,12-15,19-20,22-23,25-26,29H,1,11,16-18H2,2-9H3,(H,38,49)(H,39,47)(H,42,48)/t22-,23+,25?,26-,29?,36+/m1/s1. The summed E-state index contributed by atoms with van der Waals surface area (Å²) in [6, 6.07) is 5.43. The minimum Gasteiger partial charge on any atom is -0.497 e. The first kappa shape index (κ1) is 40.1. The van der Waals surface area contributed by atoms with Crippen LogP contribution in [0.25, 0.3) is 11.4 Å². The molecule has 2 unspecified atom stereocenters. The lowest BCUT2D eigenvalue weighted by Crippen LogP contribution is -2.56. The molecule has 2 aliphatic carbocycles. The third-order valence-corrected chi connectivity index (χ3v) is 10.9. The van der Waals surface area contributed by atoms with Gasteiger partial charge in [-0.25, -0.2) is 14.5 Å². The molecule has 292 valence electrons. The number of ketones is 1. The molecule has 6 atom stereocenters. The number of imidazole rings is 1. The van der Waals surface area contributed by atoms with Crippen LogP contribution in [0.2, 0.25) is 0 Å². The number of rotatable bonds is 13. The number of nitrogens with zero attached hydrogens (tertiary/aromatic N) is 6. The van der Waals surface area contributed by atoms with Crippen molar-refractivity contribution in [2.24, 2.45) is 30.2 Å². The van der Waals surface area contributed by atoms with E-state index in [9.17, 15) is 27.6 Å². The maximum absolute atomic E-state index is 14.6. The zero-order valence-electron chi connectivity index (χ0n) is 31.8. The second-order valence-electron chi connectivity index (χ2n) is 16.0. The van der Waals surface area contributed by atoms with Crippen molar-refractivity contribution in [3.8, 4) is 17.1 Å². The average Bonchev–Trinajstić information content (AvgIpc) is 3.52. The van der Waals surface area contributed by atoms with Crippen LogP contribution in [-0.4, -0.2) is 86.2 Å². The number of hydrogen-bond acceptors (Lipinski definition) is 12. The van der Waals surface area contributed by atoms with Crippen molar-refractivity contribution in [1.29, 1.82) is 0 Å². The van der Waals surface area contributed by atoms with Gasteiger partial charge in [0, 0.05) is 30.6 Å². The van der Waals surface area contributed by atoms with Crippen LogP contribution in [0.5, 0.6) is 5.75 Å². The monoisotopic (exact) mass is 767 g/mol. The first-order valence-electron chi connectivity index (χ1n) is 17.6. The van der Waals surface area contributed by atoms with E-state index in [-0.39, 0.29) is 24.3 Å². The second kappa shape index (κ2) is 14.9. The number of Topliss-reactive ketones (excluding diaryl/α,β-unsaturated/α-hetero) is 1. The molecule has 18 heteroatoms. The number of methoxy groups -OCH3 is 1.